The second kappa shape index (κ2) is 7.39. The summed E-state index contributed by atoms with van der Waals surface area (Å²) in [4.78, 5) is 14.5. The van der Waals surface area contributed by atoms with Crippen molar-refractivity contribution in [3.8, 4) is 0 Å². The molecule has 0 radical (unpaired) electrons. The molecular weight excluding hydrogens is 330 g/mol. The molecule has 6 nitrogen and oxygen atoms in total. The van der Waals surface area contributed by atoms with E-state index in [-0.39, 0.29) is 12.0 Å². The Balaban J connectivity index is 1.53. The van der Waals surface area contributed by atoms with Gasteiger partial charge >= 0.3 is 0 Å². The molecule has 6 heteroatoms. The maximum atomic E-state index is 12.8. The third kappa shape index (κ3) is 3.24. The minimum atomic E-state index is -0.559. The third-order valence-corrected chi connectivity index (χ3v) is 5.49. The zero-order chi connectivity index (χ0) is 18.1. The summed E-state index contributed by atoms with van der Waals surface area (Å²) in [5.74, 6) is 0.0435. The number of carbonyl (C=O) groups excluding carboxylic acids is 1. The Labute approximate surface area is 153 Å². The second-order valence-corrected chi connectivity index (χ2v) is 7.38. The predicted octanol–water partition coefficient (Wildman–Crippen LogP) is 1.40. The van der Waals surface area contributed by atoms with Crippen LogP contribution in [0.2, 0.25) is 0 Å². The van der Waals surface area contributed by atoms with Gasteiger partial charge < -0.3 is 24.6 Å². The molecule has 140 valence electrons. The third-order valence-electron chi connectivity index (χ3n) is 5.49. The Hall–Kier alpha value is -1.89. The summed E-state index contributed by atoms with van der Waals surface area (Å²) in [6.45, 7) is 3.25. The first-order chi connectivity index (χ1) is 12.6. The lowest BCUT2D eigenvalue weighted by Crippen LogP contribution is -2.38. The van der Waals surface area contributed by atoms with Crippen LogP contribution in [0.1, 0.15) is 28.9 Å². The first-order valence-corrected chi connectivity index (χ1v) is 9.51. The van der Waals surface area contributed by atoms with Crippen LogP contribution in [0.3, 0.4) is 0 Å². The maximum Gasteiger partial charge on any atom is 0.270 e. The molecule has 0 unspecified atom stereocenters. The zero-order valence-corrected chi connectivity index (χ0v) is 15.3. The van der Waals surface area contributed by atoms with E-state index in [2.05, 4.69) is 11.4 Å². The molecule has 0 spiro atoms. The van der Waals surface area contributed by atoms with E-state index in [1.807, 2.05) is 29.8 Å². The minimum Gasteiger partial charge on any atom is -0.390 e. The molecule has 2 aromatic rings. The smallest absolute Gasteiger partial charge is 0.270 e. The van der Waals surface area contributed by atoms with Gasteiger partial charge in [-0.3, -0.25) is 4.79 Å². The van der Waals surface area contributed by atoms with E-state index in [4.69, 9.17) is 4.74 Å². The van der Waals surface area contributed by atoms with Gasteiger partial charge in [-0.1, -0.05) is 18.2 Å². The summed E-state index contributed by atoms with van der Waals surface area (Å²) in [7, 11) is 1.84. The monoisotopic (exact) mass is 357 g/mol. The highest BCUT2D eigenvalue weighted by Crippen LogP contribution is 2.30. The zero-order valence-electron chi connectivity index (χ0n) is 15.3. The van der Waals surface area contributed by atoms with Crippen LogP contribution >= 0.6 is 0 Å². The number of ether oxygens (including phenoxy) is 1. The average molecular weight is 357 g/mol. The molecule has 1 aromatic carbocycles. The van der Waals surface area contributed by atoms with Crippen molar-refractivity contribution in [2.75, 3.05) is 33.3 Å². The van der Waals surface area contributed by atoms with Crippen LogP contribution in [0, 0.1) is 0 Å². The molecular formula is C20H27N3O3. The molecule has 1 saturated heterocycles. The van der Waals surface area contributed by atoms with Crippen LogP contribution in [0.5, 0.6) is 0 Å². The molecule has 2 atom stereocenters. The van der Waals surface area contributed by atoms with Gasteiger partial charge in [-0.2, -0.15) is 0 Å². The van der Waals surface area contributed by atoms with Crippen molar-refractivity contribution in [3.63, 3.8) is 0 Å². The van der Waals surface area contributed by atoms with Crippen molar-refractivity contribution in [2.45, 2.75) is 38.0 Å². The van der Waals surface area contributed by atoms with E-state index in [1.54, 1.807) is 4.90 Å². The minimum absolute atomic E-state index is 0.0435. The van der Waals surface area contributed by atoms with Gasteiger partial charge in [-0.05, 0) is 30.9 Å². The van der Waals surface area contributed by atoms with Crippen molar-refractivity contribution in [3.05, 3.63) is 35.5 Å². The van der Waals surface area contributed by atoms with Crippen molar-refractivity contribution >= 4 is 16.8 Å². The molecule has 1 fully saturated rings. The molecule has 0 aliphatic carbocycles. The Kier molecular flexibility index (Phi) is 4.98. The highest BCUT2D eigenvalue weighted by Gasteiger charge is 2.29. The lowest BCUT2D eigenvalue weighted by molar-refractivity contribution is 0.0763. The number of hydrogen-bond donors (Lipinski definition) is 2. The molecule has 26 heavy (non-hydrogen) atoms. The van der Waals surface area contributed by atoms with E-state index >= 15 is 0 Å². The fraction of sp³-hybridized carbons (Fsp3) is 0.550. The molecule has 2 aliphatic heterocycles. The quantitative estimate of drug-likeness (QED) is 0.820. The SMILES string of the molecule is CN1CCc2c(n(C[C@@H](O)CNC[C@@H]3CCCO3)c3ccccc23)C1=O. The van der Waals surface area contributed by atoms with Gasteiger partial charge in [0.15, 0.2) is 0 Å². The van der Waals surface area contributed by atoms with E-state index in [1.165, 1.54) is 0 Å². The van der Waals surface area contributed by atoms with Gasteiger partial charge in [0.1, 0.15) is 5.69 Å². The van der Waals surface area contributed by atoms with Gasteiger partial charge in [0.25, 0.3) is 5.91 Å². The maximum absolute atomic E-state index is 12.8. The highest BCUT2D eigenvalue weighted by molar-refractivity contribution is 6.02. The number of hydrogen-bond acceptors (Lipinski definition) is 4. The second-order valence-electron chi connectivity index (χ2n) is 7.38. The van der Waals surface area contributed by atoms with E-state index in [0.29, 0.717) is 13.1 Å². The average Bonchev–Trinajstić information content (AvgIpc) is 3.26. The fourth-order valence-electron chi connectivity index (χ4n) is 4.12. The Bertz CT molecular complexity index is 795. The summed E-state index contributed by atoms with van der Waals surface area (Å²) in [5, 5.41) is 15.0. The van der Waals surface area contributed by atoms with Gasteiger partial charge in [0.05, 0.1) is 18.8 Å². The van der Waals surface area contributed by atoms with Gasteiger partial charge in [-0.15, -0.1) is 0 Å². The van der Waals surface area contributed by atoms with Gasteiger partial charge in [0.2, 0.25) is 0 Å². The Morgan fingerprint density at radius 3 is 3.04 bits per heavy atom. The molecule has 2 N–H and O–H groups in total. The molecule has 2 aliphatic rings. The molecule has 0 bridgehead atoms. The van der Waals surface area contributed by atoms with E-state index in [9.17, 15) is 9.90 Å². The number of amides is 1. The number of nitrogens with one attached hydrogen (secondary N) is 1. The standard InChI is InChI=1S/C20H27N3O3/c1-22-9-8-17-16-6-2-3-7-18(16)23(19(17)20(22)25)13-14(24)11-21-12-15-5-4-10-26-15/h2-3,6-7,14-15,21,24H,4-5,8-13H2,1H3/t14-,15-/m0/s1. The lowest BCUT2D eigenvalue weighted by Gasteiger charge is -2.25. The highest BCUT2D eigenvalue weighted by atomic mass is 16.5. The van der Waals surface area contributed by atoms with Crippen LogP contribution in [0.25, 0.3) is 10.9 Å². The van der Waals surface area contributed by atoms with Crippen molar-refractivity contribution in [1.82, 2.24) is 14.8 Å². The number of aromatic nitrogens is 1. The first-order valence-electron chi connectivity index (χ1n) is 9.51. The van der Waals surface area contributed by atoms with E-state index in [0.717, 1.165) is 61.1 Å². The Morgan fingerprint density at radius 2 is 2.23 bits per heavy atom. The molecule has 3 heterocycles. The fourth-order valence-corrected chi connectivity index (χ4v) is 4.12. The normalized spacial score (nSPS) is 21.4. The number of para-hydroxylation sites is 1. The number of carbonyl (C=O) groups is 1. The van der Waals surface area contributed by atoms with Crippen molar-refractivity contribution in [2.24, 2.45) is 0 Å². The first kappa shape index (κ1) is 17.5. The molecule has 1 aromatic heterocycles. The largest absolute Gasteiger partial charge is 0.390 e. The number of fused-ring (bicyclic) bond motifs is 3. The number of benzene rings is 1. The number of nitrogens with zero attached hydrogens (tertiary/aromatic N) is 2. The summed E-state index contributed by atoms with van der Waals surface area (Å²) >= 11 is 0. The summed E-state index contributed by atoms with van der Waals surface area (Å²) < 4.78 is 7.60. The van der Waals surface area contributed by atoms with E-state index < -0.39 is 6.10 Å². The molecule has 4 rings (SSSR count). The predicted molar refractivity (Wildman–Crippen MR) is 100 cm³/mol. The summed E-state index contributed by atoms with van der Waals surface area (Å²) in [6.07, 6.45) is 2.76. The van der Waals surface area contributed by atoms with Crippen LogP contribution in [-0.4, -0.2) is 66.0 Å². The molecule has 1 amide bonds. The number of aliphatic hydroxyl groups is 1. The summed E-state index contributed by atoms with van der Waals surface area (Å²) in [5.41, 5.74) is 2.88. The van der Waals surface area contributed by atoms with Crippen molar-refractivity contribution in [1.29, 1.82) is 0 Å². The van der Waals surface area contributed by atoms with Crippen LogP contribution in [0.15, 0.2) is 24.3 Å². The number of aliphatic hydroxyl groups excluding tert-OH is 1. The number of rotatable bonds is 6. The summed E-state index contributed by atoms with van der Waals surface area (Å²) in [6, 6.07) is 8.11. The topological polar surface area (TPSA) is 66.7 Å². The van der Waals surface area contributed by atoms with Crippen molar-refractivity contribution < 1.29 is 14.6 Å². The Morgan fingerprint density at radius 1 is 1.38 bits per heavy atom. The van der Waals surface area contributed by atoms with Gasteiger partial charge in [0, 0.05) is 44.2 Å². The molecule has 0 saturated carbocycles. The van der Waals surface area contributed by atoms with Crippen LogP contribution < -0.4 is 5.32 Å². The van der Waals surface area contributed by atoms with Gasteiger partial charge in [-0.25, -0.2) is 0 Å². The van der Waals surface area contributed by atoms with Crippen LogP contribution in [-0.2, 0) is 17.7 Å². The van der Waals surface area contributed by atoms with Crippen LogP contribution in [0.4, 0.5) is 0 Å². The lowest BCUT2D eigenvalue weighted by atomic mass is 10.0. The number of likely N-dealkylation sites (N-methyl/N-ethyl adjacent to an activating group) is 1.